The fourth-order valence-corrected chi connectivity index (χ4v) is 2.71. The highest BCUT2D eigenvalue weighted by Gasteiger charge is 2.31. The van der Waals surface area contributed by atoms with Gasteiger partial charge >= 0.3 is 12.1 Å². The number of ether oxygens (including phenoxy) is 1. The third-order valence-electron chi connectivity index (χ3n) is 4.03. The Morgan fingerprint density at radius 3 is 2.68 bits per heavy atom. The summed E-state index contributed by atoms with van der Waals surface area (Å²) in [6.45, 7) is 0. The predicted octanol–water partition coefficient (Wildman–Crippen LogP) is 4.63. The van der Waals surface area contributed by atoms with Crippen molar-refractivity contribution in [2.24, 2.45) is 0 Å². The van der Waals surface area contributed by atoms with Gasteiger partial charge in [-0.25, -0.2) is 4.79 Å². The molecule has 1 atom stereocenters. The minimum absolute atomic E-state index is 0.119. The van der Waals surface area contributed by atoms with Crippen LogP contribution in [0, 0.1) is 0 Å². The molecule has 25 heavy (non-hydrogen) atoms. The molecular weight excluding hydrogens is 337 g/mol. The molecule has 0 saturated heterocycles. The number of hydrogen-bond acceptors (Lipinski definition) is 4. The molecule has 4 nitrogen and oxygen atoms in total. The Hall–Kier alpha value is -2.57. The van der Waals surface area contributed by atoms with Crippen LogP contribution in [0.25, 0.3) is 11.3 Å². The average Bonchev–Trinajstić information content (AvgIpc) is 3.06. The van der Waals surface area contributed by atoms with E-state index in [0.717, 1.165) is 25.0 Å². The van der Waals surface area contributed by atoms with Gasteiger partial charge in [-0.05, 0) is 43.5 Å². The number of carbonyl (C=O) groups is 2. The summed E-state index contributed by atoms with van der Waals surface area (Å²) in [6, 6.07) is 7.34. The van der Waals surface area contributed by atoms with Gasteiger partial charge in [0.2, 0.25) is 5.76 Å². The van der Waals surface area contributed by atoms with Crippen molar-refractivity contribution in [1.29, 1.82) is 0 Å². The Morgan fingerprint density at radius 2 is 1.96 bits per heavy atom. The van der Waals surface area contributed by atoms with Gasteiger partial charge in [-0.2, -0.15) is 13.2 Å². The van der Waals surface area contributed by atoms with Crippen molar-refractivity contribution in [3.8, 4) is 11.3 Å². The zero-order valence-electron chi connectivity index (χ0n) is 13.1. The summed E-state index contributed by atoms with van der Waals surface area (Å²) < 4.78 is 48.8. The lowest BCUT2D eigenvalue weighted by Gasteiger charge is -2.19. The van der Waals surface area contributed by atoms with Gasteiger partial charge in [0, 0.05) is 12.0 Å². The molecule has 2 aromatic rings. The highest BCUT2D eigenvalue weighted by Crippen LogP contribution is 2.32. The van der Waals surface area contributed by atoms with Crippen LogP contribution in [0.5, 0.6) is 0 Å². The first-order chi connectivity index (χ1) is 11.8. The lowest BCUT2D eigenvalue weighted by Crippen LogP contribution is -2.30. The maximum absolute atomic E-state index is 12.8. The van der Waals surface area contributed by atoms with E-state index in [-0.39, 0.29) is 22.9 Å². The minimum atomic E-state index is -4.47. The summed E-state index contributed by atoms with van der Waals surface area (Å²) in [5.74, 6) is -0.943. The zero-order valence-corrected chi connectivity index (χ0v) is 13.1. The molecule has 1 aromatic carbocycles. The van der Waals surface area contributed by atoms with Gasteiger partial charge in [0.05, 0.1) is 5.56 Å². The number of benzene rings is 1. The van der Waals surface area contributed by atoms with Crippen LogP contribution in [0.4, 0.5) is 13.2 Å². The molecule has 1 saturated carbocycles. The lowest BCUT2D eigenvalue weighted by atomic mass is 9.96. The van der Waals surface area contributed by atoms with Gasteiger partial charge in [0.25, 0.3) is 0 Å². The Balaban J connectivity index is 1.76. The molecule has 0 aliphatic heterocycles. The molecular formula is C18H15F3O4. The van der Waals surface area contributed by atoms with E-state index in [0.29, 0.717) is 12.8 Å². The summed E-state index contributed by atoms with van der Waals surface area (Å²) >= 11 is 0. The van der Waals surface area contributed by atoms with Crippen LogP contribution >= 0.6 is 0 Å². The highest BCUT2D eigenvalue weighted by atomic mass is 19.4. The SMILES string of the molecule is O=C(OC1CCCCC1=O)c1ccc(-c2cccc(C(F)(F)F)c2)o1. The largest absolute Gasteiger partial charge is 0.449 e. The van der Waals surface area contributed by atoms with Crippen molar-refractivity contribution in [2.75, 3.05) is 0 Å². The molecule has 7 heteroatoms. The first-order valence-corrected chi connectivity index (χ1v) is 7.86. The predicted molar refractivity (Wildman–Crippen MR) is 81.8 cm³/mol. The topological polar surface area (TPSA) is 56.5 Å². The van der Waals surface area contributed by atoms with Crippen molar-refractivity contribution >= 4 is 11.8 Å². The molecule has 1 heterocycles. The van der Waals surface area contributed by atoms with Crippen LogP contribution in [0.2, 0.25) is 0 Å². The van der Waals surface area contributed by atoms with E-state index in [1.165, 1.54) is 24.3 Å². The van der Waals surface area contributed by atoms with Gasteiger partial charge in [-0.1, -0.05) is 12.1 Å². The van der Waals surface area contributed by atoms with Crippen molar-refractivity contribution in [2.45, 2.75) is 38.0 Å². The standard InChI is InChI=1S/C18H15F3O4/c19-18(20,21)12-5-3-4-11(10-12)14-8-9-16(24-14)17(23)25-15-7-2-1-6-13(15)22/h3-5,8-10,15H,1-2,6-7H2. The summed E-state index contributed by atoms with van der Waals surface area (Å²) in [7, 11) is 0. The van der Waals surface area contributed by atoms with Gasteiger partial charge < -0.3 is 9.15 Å². The number of Topliss-reactive ketones (excluding diaryl/α,β-unsaturated/α-hetero) is 1. The van der Waals surface area contributed by atoms with E-state index >= 15 is 0 Å². The Morgan fingerprint density at radius 1 is 1.16 bits per heavy atom. The molecule has 0 N–H and O–H groups in total. The number of rotatable bonds is 3. The summed E-state index contributed by atoms with van der Waals surface area (Å²) in [5, 5.41) is 0. The molecule has 1 aliphatic rings. The van der Waals surface area contributed by atoms with Crippen LogP contribution in [0.15, 0.2) is 40.8 Å². The zero-order chi connectivity index (χ0) is 18.0. The van der Waals surface area contributed by atoms with Crippen molar-refractivity contribution in [1.82, 2.24) is 0 Å². The van der Waals surface area contributed by atoms with Gasteiger partial charge in [-0.15, -0.1) is 0 Å². The number of carbonyl (C=O) groups excluding carboxylic acids is 2. The Kier molecular flexibility index (Phi) is 4.65. The van der Waals surface area contributed by atoms with Crippen LogP contribution in [-0.4, -0.2) is 17.9 Å². The molecule has 3 rings (SSSR count). The smallest absolute Gasteiger partial charge is 0.416 e. The third kappa shape index (κ3) is 3.92. The average molecular weight is 352 g/mol. The second-order valence-corrected chi connectivity index (χ2v) is 5.85. The van der Waals surface area contributed by atoms with E-state index in [1.807, 2.05) is 0 Å². The van der Waals surface area contributed by atoms with Crippen molar-refractivity contribution in [3.63, 3.8) is 0 Å². The molecule has 0 radical (unpaired) electrons. The summed E-state index contributed by atoms with van der Waals surface area (Å²) in [5.41, 5.74) is -0.610. The van der Waals surface area contributed by atoms with Gasteiger partial charge in [0.15, 0.2) is 11.9 Å². The first kappa shape index (κ1) is 17.3. The summed E-state index contributed by atoms with van der Waals surface area (Å²) in [4.78, 5) is 23.8. The molecule has 1 aromatic heterocycles. The van der Waals surface area contributed by atoms with Gasteiger partial charge in [0.1, 0.15) is 5.76 Å². The van der Waals surface area contributed by atoms with Crippen LogP contribution < -0.4 is 0 Å². The van der Waals surface area contributed by atoms with E-state index < -0.39 is 23.8 Å². The van der Waals surface area contributed by atoms with Crippen molar-refractivity contribution in [3.05, 3.63) is 47.7 Å². The number of furan rings is 1. The second-order valence-electron chi connectivity index (χ2n) is 5.85. The van der Waals surface area contributed by atoms with Crippen LogP contribution in [-0.2, 0) is 15.7 Å². The maximum atomic E-state index is 12.8. The molecule has 132 valence electrons. The van der Waals surface area contributed by atoms with Crippen molar-refractivity contribution < 1.29 is 31.9 Å². The fourth-order valence-electron chi connectivity index (χ4n) is 2.71. The minimum Gasteiger partial charge on any atom is -0.449 e. The van der Waals surface area contributed by atoms with E-state index in [1.54, 1.807) is 0 Å². The number of esters is 1. The molecule has 1 aliphatic carbocycles. The molecule has 0 spiro atoms. The van der Waals surface area contributed by atoms with E-state index in [2.05, 4.69) is 0 Å². The number of ketones is 1. The Bertz CT molecular complexity index is 792. The highest BCUT2D eigenvalue weighted by molar-refractivity contribution is 5.91. The van der Waals surface area contributed by atoms with Crippen LogP contribution in [0.3, 0.4) is 0 Å². The molecule has 0 amide bonds. The van der Waals surface area contributed by atoms with E-state index in [4.69, 9.17) is 9.15 Å². The van der Waals surface area contributed by atoms with E-state index in [9.17, 15) is 22.8 Å². The second kappa shape index (κ2) is 6.74. The van der Waals surface area contributed by atoms with Gasteiger partial charge in [-0.3, -0.25) is 4.79 Å². The number of halogens is 3. The lowest BCUT2D eigenvalue weighted by molar-refractivity contribution is -0.137. The molecule has 1 unspecified atom stereocenters. The third-order valence-corrected chi connectivity index (χ3v) is 4.03. The quantitative estimate of drug-likeness (QED) is 0.756. The first-order valence-electron chi connectivity index (χ1n) is 7.86. The fraction of sp³-hybridized carbons (Fsp3) is 0.333. The normalized spacial score (nSPS) is 18.2. The summed E-state index contributed by atoms with van der Waals surface area (Å²) in [6.07, 6.45) is -2.79. The number of hydrogen-bond donors (Lipinski definition) is 0. The molecule has 1 fully saturated rings. The molecule has 0 bridgehead atoms. The number of alkyl halides is 3. The monoisotopic (exact) mass is 352 g/mol. The Labute approximate surface area is 141 Å². The van der Waals surface area contributed by atoms with Crippen LogP contribution in [0.1, 0.15) is 41.8 Å². The maximum Gasteiger partial charge on any atom is 0.416 e.